The zero-order chi connectivity index (χ0) is 12.6. The maximum atomic E-state index is 12.0. The molecule has 1 saturated heterocycles. The van der Waals surface area contributed by atoms with Gasteiger partial charge in [0.2, 0.25) is 11.8 Å². The second-order valence-corrected chi connectivity index (χ2v) is 5.11. The zero-order valence-electron chi connectivity index (χ0n) is 9.89. The summed E-state index contributed by atoms with van der Waals surface area (Å²) in [7, 11) is 0. The average molecular weight is 239 g/mol. The topological polar surface area (TPSA) is 74.7 Å². The molecule has 5 nitrogen and oxygen atoms in total. The molecule has 1 aliphatic carbocycles. The number of aliphatic carboxylic acids is 1. The molecule has 1 saturated carbocycles. The third kappa shape index (κ3) is 2.18. The van der Waals surface area contributed by atoms with Gasteiger partial charge in [-0.3, -0.25) is 19.3 Å². The van der Waals surface area contributed by atoms with Gasteiger partial charge in [-0.25, -0.2) is 0 Å². The zero-order valence-corrected chi connectivity index (χ0v) is 9.89. The molecule has 94 valence electrons. The fourth-order valence-electron chi connectivity index (χ4n) is 2.96. The highest BCUT2D eigenvalue weighted by molar-refractivity contribution is 6.05. The van der Waals surface area contributed by atoms with Crippen molar-refractivity contribution in [3.8, 4) is 0 Å². The lowest BCUT2D eigenvalue weighted by Crippen LogP contribution is -2.33. The SMILES string of the molecule is CC1CC2C(=O)N(CCCC(=O)O)C(=O)C2C1. The predicted octanol–water partition coefficient (Wildman–Crippen LogP) is 0.882. The molecule has 0 radical (unpaired) electrons. The first kappa shape index (κ1) is 12.1. The number of nitrogens with zero attached hydrogens (tertiary/aromatic N) is 1. The van der Waals surface area contributed by atoms with Crippen LogP contribution in [-0.2, 0) is 14.4 Å². The monoisotopic (exact) mass is 239 g/mol. The van der Waals surface area contributed by atoms with E-state index in [9.17, 15) is 14.4 Å². The summed E-state index contributed by atoms with van der Waals surface area (Å²) in [5.74, 6) is -0.897. The van der Waals surface area contributed by atoms with Gasteiger partial charge in [0.15, 0.2) is 0 Å². The number of hydrogen-bond acceptors (Lipinski definition) is 3. The Labute approximate surface area is 99.8 Å². The van der Waals surface area contributed by atoms with Crippen LogP contribution < -0.4 is 0 Å². The first-order valence-corrected chi connectivity index (χ1v) is 6.07. The predicted molar refractivity (Wildman–Crippen MR) is 59.0 cm³/mol. The number of carboxylic acids is 1. The van der Waals surface area contributed by atoms with Gasteiger partial charge < -0.3 is 5.11 Å². The Morgan fingerprint density at radius 3 is 2.29 bits per heavy atom. The summed E-state index contributed by atoms with van der Waals surface area (Å²) >= 11 is 0. The van der Waals surface area contributed by atoms with E-state index in [-0.39, 0.29) is 36.6 Å². The molecule has 1 aliphatic heterocycles. The van der Waals surface area contributed by atoms with Crippen molar-refractivity contribution in [1.29, 1.82) is 0 Å². The van der Waals surface area contributed by atoms with Crippen LogP contribution in [0.2, 0.25) is 0 Å². The number of hydrogen-bond donors (Lipinski definition) is 1. The molecule has 1 N–H and O–H groups in total. The molecule has 2 fully saturated rings. The normalized spacial score (nSPS) is 32.1. The highest BCUT2D eigenvalue weighted by atomic mass is 16.4. The minimum absolute atomic E-state index is 0.00277. The molecule has 2 aliphatic rings. The molecular formula is C12H17NO4. The van der Waals surface area contributed by atoms with Gasteiger partial charge in [-0.15, -0.1) is 0 Å². The van der Waals surface area contributed by atoms with E-state index in [0.717, 1.165) is 12.8 Å². The number of fused-ring (bicyclic) bond motifs is 1. The fraction of sp³-hybridized carbons (Fsp3) is 0.750. The Morgan fingerprint density at radius 1 is 1.29 bits per heavy atom. The molecule has 0 aromatic rings. The smallest absolute Gasteiger partial charge is 0.303 e. The number of imide groups is 1. The van der Waals surface area contributed by atoms with E-state index in [1.165, 1.54) is 4.90 Å². The summed E-state index contributed by atoms with van der Waals surface area (Å²) < 4.78 is 0. The summed E-state index contributed by atoms with van der Waals surface area (Å²) in [6, 6.07) is 0. The maximum Gasteiger partial charge on any atom is 0.303 e. The fourth-order valence-corrected chi connectivity index (χ4v) is 2.96. The Morgan fingerprint density at radius 2 is 1.82 bits per heavy atom. The van der Waals surface area contributed by atoms with Gasteiger partial charge >= 0.3 is 5.97 Å². The van der Waals surface area contributed by atoms with Crippen LogP contribution in [0.5, 0.6) is 0 Å². The lowest BCUT2D eigenvalue weighted by molar-refractivity contribution is -0.142. The number of rotatable bonds is 4. The Balaban J connectivity index is 1.95. The molecule has 2 amide bonds. The summed E-state index contributed by atoms with van der Waals surface area (Å²) in [4.78, 5) is 35.6. The second kappa shape index (κ2) is 4.47. The van der Waals surface area contributed by atoms with Crippen molar-refractivity contribution in [2.24, 2.45) is 17.8 Å². The average Bonchev–Trinajstić information content (AvgIpc) is 2.72. The quantitative estimate of drug-likeness (QED) is 0.739. The van der Waals surface area contributed by atoms with Crippen molar-refractivity contribution in [2.45, 2.75) is 32.6 Å². The molecule has 1 heterocycles. The molecule has 17 heavy (non-hydrogen) atoms. The minimum atomic E-state index is -0.891. The lowest BCUT2D eigenvalue weighted by Gasteiger charge is -2.16. The summed E-state index contributed by atoms with van der Waals surface area (Å²) in [6.45, 7) is 2.32. The van der Waals surface area contributed by atoms with E-state index >= 15 is 0 Å². The molecule has 0 aromatic carbocycles. The van der Waals surface area contributed by atoms with E-state index < -0.39 is 5.97 Å². The first-order chi connectivity index (χ1) is 8.00. The first-order valence-electron chi connectivity index (χ1n) is 6.07. The van der Waals surface area contributed by atoms with E-state index in [2.05, 4.69) is 6.92 Å². The van der Waals surface area contributed by atoms with Gasteiger partial charge in [-0.2, -0.15) is 0 Å². The highest BCUT2D eigenvalue weighted by Gasteiger charge is 2.51. The van der Waals surface area contributed by atoms with Crippen LogP contribution in [0.15, 0.2) is 0 Å². The molecule has 0 bridgehead atoms. The van der Waals surface area contributed by atoms with Gasteiger partial charge in [0.25, 0.3) is 0 Å². The molecule has 2 rings (SSSR count). The number of carboxylic acid groups (broad SMARTS) is 1. The van der Waals surface area contributed by atoms with E-state index in [0.29, 0.717) is 12.3 Å². The van der Waals surface area contributed by atoms with E-state index in [1.54, 1.807) is 0 Å². The summed E-state index contributed by atoms with van der Waals surface area (Å²) in [6.07, 6.45) is 1.94. The molecule has 0 aromatic heterocycles. The standard InChI is InChI=1S/C12H17NO4/c1-7-5-8-9(6-7)12(17)13(11(8)16)4-2-3-10(14)15/h7-9H,2-6H2,1H3,(H,14,15). The Kier molecular flexibility index (Phi) is 3.17. The van der Waals surface area contributed by atoms with Crippen LogP contribution in [0.4, 0.5) is 0 Å². The molecule has 0 spiro atoms. The van der Waals surface area contributed by atoms with Gasteiger partial charge in [0.05, 0.1) is 11.8 Å². The Hall–Kier alpha value is -1.39. The van der Waals surface area contributed by atoms with Crippen molar-refractivity contribution in [2.75, 3.05) is 6.54 Å². The highest BCUT2D eigenvalue weighted by Crippen LogP contribution is 2.42. The van der Waals surface area contributed by atoms with Crippen molar-refractivity contribution in [3.63, 3.8) is 0 Å². The molecule has 5 heteroatoms. The third-order valence-corrected chi connectivity index (χ3v) is 3.74. The van der Waals surface area contributed by atoms with Crippen molar-refractivity contribution in [1.82, 2.24) is 4.90 Å². The number of likely N-dealkylation sites (tertiary alicyclic amines) is 1. The van der Waals surface area contributed by atoms with Crippen LogP contribution in [0.1, 0.15) is 32.6 Å². The Bertz CT molecular complexity index is 342. The van der Waals surface area contributed by atoms with E-state index in [1.807, 2.05) is 0 Å². The van der Waals surface area contributed by atoms with Crippen LogP contribution in [-0.4, -0.2) is 34.3 Å². The third-order valence-electron chi connectivity index (χ3n) is 3.74. The minimum Gasteiger partial charge on any atom is -0.481 e. The second-order valence-electron chi connectivity index (χ2n) is 5.11. The van der Waals surface area contributed by atoms with Crippen LogP contribution in [0, 0.1) is 17.8 Å². The van der Waals surface area contributed by atoms with Gasteiger partial charge in [0, 0.05) is 13.0 Å². The summed E-state index contributed by atoms with van der Waals surface area (Å²) in [5, 5.41) is 8.53. The summed E-state index contributed by atoms with van der Waals surface area (Å²) in [5.41, 5.74) is 0. The van der Waals surface area contributed by atoms with Gasteiger partial charge in [0.1, 0.15) is 0 Å². The number of amides is 2. The van der Waals surface area contributed by atoms with Crippen molar-refractivity contribution in [3.05, 3.63) is 0 Å². The van der Waals surface area contributed by atoms with Crippen molar-refractivity contribution < 1.29 is 19.5 Å². The van der Waals surface area contributed by atoms with Gasteiger partial charge in [-0.05, 0) is 25.2 Å². The van der Waals surface area contributed by atoms with Crippen molar-refractivity contribution >= 4 is 17.8 Å². The molecular weight excluding hydrogens is 222 g/mol. The number of carbonyl (C=O) groups is 3. The van der Waals surface area contributed by atoms with Crippen LogP contribution >= 0.6 is 0 Å². The lowest BCUT2D eigenvalue weighted by atomic mass is 10.00. The molecule has 2 atom stereocenters. The van der Waals surface area contributed by atoms with Crippen LogP contribution in [0.3, 0.4) is 0 Å². The largest absolute Gasteiger partial charge is 0.481 e. The van der Waals surface area contributed by atoms with E-state index in [4.69, 9.17) is 5.11 Å². The van der Waals surface area contributed by atoms with Crippen LogP contribution in [0.25, 0.3) is 0 Å². The number of carbonyl (C=O) groups excluding carboxylic acids is 2. The molecule has 2 unspecified atom stereocenters. The van der Waals surface area contributed by atoms with Gasteiger partial charge in [-0.1, -0.05) is 6.92 Å². The maximum absolute atomic E-state index is 12.0.